The van der Waals surface area contributed by atoms with Gasteiger partial charge >= 0.3 is 5.97 Å². The highest BCUT2D eigenvalue weighted by atomic mass is 35.5. The SMILES string of the molecule is O=C(O)C(CS)c1ccccc1Cl. The Labute approximate surface area is 86.9 Å². The molecule has 70 valence electrons. The standard InChI is InChI=1S/C9H9ClO2S/c10-8-4-2-1-3-6(8)7(5-13)9(11)12/h1-4,7,13H,5H2,(H,11,12). The molecule has 2 nitrogen and oxygen atoms in total. The molecule has 0 saturated carbocycles. The predicted octanol–water partition coefficient (Wildman–Crippen LogP) is 2.44. The van der Waals surface area contributed by atoms with E-state index >= 15 is 0 Å². The Hall–Kier alpha value is -0.670. The quantitative estimate of drug-likeness (QED) is 0.762. The van der Waals surface area contributed by atoms with Crippen molar-refractivity contribution >= 4 is 30.2 Å². The van der Waals surface area contributed by atoms with E-state index < -0.39 is 11.9 Å². The Balaban J connectivity index is 3.04. The topological polar surface area (TPSA) is 37.3 Å². The van der Waals surface area contributed by atoms with Gasteiger partial charge in [0.1, 0.15) is 0 Å². The Morgan fingerprint density at radius 2 is 2.15 bits per heavy atom. The minimum atomic E-state index is -0.900. The van der Waals surface area contributed by atoms with Crippen molar-refractivity contribution in [3.8, 4) is 0 Å². The molecule has 1 N–H and O–H groups in total. The van der Waals surface area contributed by atoms with Crippen molar-refractivity contribution in [2.45, 2.75) is 5.92 Å². The van der Waals surface area contributed by atoms with Gasteiger partial charge in [0.05, 0.1) is 5.92 Å². The normalized spacial score (nSPS) is 12.5. The number of rotatable bonds is 3. The van der Waals surface area contributed by atoms with E-state index in [1.807, 2.05) is 0 Å². The van der Waals surface area contributed by atoms with Crippen LogP contribution in [0.2, 0.25) is 5.02 Å². The third kappa shape index (κ3) is 2.39. The molecule has 13 heavy (non-hydrogen) atoms. The maximum absolute atomic E-state index is 10.8. The second-order valence-electron chi connectivity index (χ2n) is 2.59. The van der Waals surface area contributed by atoms with Crippen molar-refractivity contribution in [2.24, 2.45) is 0 Å². The lowest BCUT2D eigenvalue weighted by Crippen LogP contribution is -2.13. The molecule has 1 unspecified atom stereocenters. The molecule has 0 spiro atoms. The van der Waals surface area contributed by atoms with Crippen molar-refractivity contribution in [1.29, 1.82) is 0 Å². The van der Waals surface area contributed by atoms with Crippen molar-refractivity contribution in [1.82, 2.24) is 0 Å². The number of benzene rings is 1. The number of thiol groups is 1. The maximum Gasteiger partial charge on any atom is 0.311 e. The van der Waals surface area contributed by atoms with Crippen LogP contribution in [0.3, 0.4) is 0 Å². The van der Waals surface area contributed by atoms with Gasteiger partial charge < -0.3 is 5.11 Å². The fourth-order valence-electron chi connectivity index (χ4n) is 1.07. The van der Waals surface area contributed by atoms with Crippen LogP contribution in [-0.2, 0) is 4.79 Å². The molecule has 0 amide bonds. The zero-order valence-electron chi connectivity index (χ0n) is 6.77. The smallest absolute Gasteiger partial charge is 0.311 e. The van der Waals surface area contributed by atoms with E-state index in [1.165, 1.54) is 0 Å². The van der Waals surface area contributed by atoms with Gasteiger partial charge in [-0.05, 0) is 11.6 Å². The number of aliphatic carboxylic acids is 1. The Morgan fingerprint density at radius 1 is 1.54 bits per heavy atom. The molecule has 0 fully saturated rings. The van der Waals surface area contributed by atoms with Crippen molar-refractivity contribution < 1.29 is 9.90 Å². The second kappa shape index (κ2) is 4.53. The lowest BCUT2D eigenvalue weighted by molar-refractivity contribution is -0.138. The first-order valence-corrected chi connectivity index (χ1v) is 4.76. The van der Waals surface area contributed by atoms with Crippen LogP contribution in [0.25, 0.3) is 0 Å². The number of carboxylic acid groups (broad SMARTS) is 1. The van der Waals surface area contributed by atoms with Gasteiger partial charge in [0, 0.05) is 10.8 Å². The van der Waals surface area contributed by atoms with Gasteiger partial charge in [0.2, 0.25) is 0 Å². The summed E-state index contributed by atoms with van der Waals surface area (Å²) in [5.74, 6) is -1.28. The highest BCUT2D eigenvalue weighted by Crippen LogP contribution is 2.25. The molecular weight excluding hydrogens is 208 g/mol. The molecule has 0 aromatic heterocycles. The summed E-state index contributed by atoms with van der Waals surface area (Å²) in [5.41, 5.74) is 0.617. The van der Waals surface area contributed by atoms with Crippen LogP contribution < -0.4 is 0 Å². The minimum Gasteiger partial charge on any atom is -0.481 e. The third-order valence-electron chi connectivity index (χ3n) is 1.76. The van der Waals surface area contributed by atoms with E-state index in [0.29, 0.717) is 10.6 Å². The van der Waals surface area contributed by atoms with Gasteiger partial charge in [-0.1, -0.05) is 29.8 Å². The van der Waals surface area contributed by atoms with Crippen LogP contribution in [0.15, 0.2) is 24.3 Å². The summed E-state index contributed by atoms with van der Waals surface area (Å²) in [5, 5.41) is 9.32. The summed E-state index contributed by atoms with van der Waals surface area (Å²) in [7, 11) is 0. The average molecular weight is 217 g/mol. The number of hydrogen-bond acceptors (Lipinski definition) is 2. The minimum absolute atomic E-state index is 0.249. The molecule has 1 rings (SSSR count). The zero-order chi connectivity index (χ0) is 9.84. The highest BCUT2D eigenvalue weighted by molar-refractivity contribution is 7.80. The fraction of sp³-hybridized carbons (Fsp3) is 0.222. The van der Waals surface area contributed by atoms with E-state index in [0.717, 1.165) is 0 Å². The van der Waals surface area contributed by atoms with E-state index in [9.17, 15) is 4.79 Å². The molecule has 1 aromatic carbocycles. The summed E-state index contributed by atoms with van der Waals surface area (Å²) < 4.78 is 0. The van der Waals surface area contributed by atoms with Crippen molar-refractivity contribution in [3.05, 3.63) is 34.9 Å². The maximum atomic E-state index is 10.8. The fourth-order valence-corrected chi connectivity index (χ4v) is 1.69. The Morgan fingerprint density at radius 3 is 2.62 bits per heavy atom. The van der Waals surface area contributed by atoms with Gasteiger partial charge in [-0.2, -0.15) is 12.6 Å². The number of carbonyl (C=O) groups is 1. The molecule has 1 atom stereocenters. The molecule has 1 aromatic rings. The number of hydrogen-bond donors (Lipinski definition) is 2. The Bertz CT molecular complexity index is 314. The number of carboxylic acids is 1. The van der Waals surface area contributed by atoms with E-state index in [4.69, 9.17) is 16.7 Å². The molecule has 0 aliphatic heterocycles. The van der Waals surface area contributed by atoms with Crippen LogP contribution in [-0.4, -0.2) is 16.8 Å². The summed E-state index contributed by atoms with van der Waals surface area (Å²) >= 11 is 9.82. The first-order chi connectivity index (χ1) is 6.16. The van der Waals surface area contributed by atoms with E-state index in [2.05, 4.69) is 12.6 Å². The molecule has 0 heterocycles. The summed E-state index contributed by atoms with van der Waals surface area (Å²) in [6, 6.07) is 6.91. The molecule has 0 aliphatic rings. The van der Waals surface area contributed by atoms with Crippen molar-refractivity contribution in [2.75, 3.05) is 5.75 Å². The first kappa shape index (κ1) is 10.4. The van der Waals surface area contributed by atoms with Crippen LogP contribution in [0.5, 0.6) is 0 Å². The molecule has 0 radical (unpaired) electrons. The second-order valence-corrected chi connectivity index (χ2v) is 3.37. The first-order valence-electron chi connectivity index (χ1n) is 3.75. The van der Waals surface area contributed by atoms with Crippen LogP contribution in [0, 0.1) is 0 Å². The molecule has 0 aliphatic carbocycles. The van der Waals surface area contributed by atoms with Crippen LogP contribution in [0.1, 0.15) is 11.5 Å². The number of halogens is 1. The van der Waals surface area contributed by atoms with Gasteiger partial charge in [-0.25, -0.2) is 0 Å². The average Bonchev–Trinajstić information content (AvgIpc) is 2.09. The van der Waals surface area contributed by atoms with Gasteiger partial charge in [0.15, 0.2) is 0 Å². The van der Waals surface area contributed by atoms with E-state index in [1.54, 1.807) is 24.3 Å². The summed E-state index contributed by atoms with van der Waals surface area (Å²) in [4.78, 5) is 10.8. The van der Waals surface area contributed by atoms with Crippen LogP contribution in [0.4, 0.5) is 0 Å². The molecule has 4 heteroatoms. The van der Waals surface area contributed by atoms with Gasteiger partial charge in [-0.3, -0.25) is 4.79 Å². The third-order valence-corrected chi connectivity index (χ3v) is 2.47. The van der Waals surface area contributed by atoms with Crippen molar-refractivity contribution in [3.63, 3.8) is 0 Å². The zero-order valence-corrected chi connectivity index (χ0v) is 8.42. The van der Waals surface area contributed by atoms with Gasteiger partial charge in [-0.15, -0.1) is 0 Å². The van der Waals surface area contributed by atoms with Gasteiger partial charge in [0.25, 0.3) is 0 Å². The molecule has 0 saturated heterocycles. The largest absolute Gasteiger partial charge is 0.481 e. The Kier molecular flexibility index (Phi) is 3.63. The molecular formula is C9H9ClO2S. The van der Waals surface area contributed by atoms with Crippen LogP contribution >= 0.6 is 24.2 Å². The molecule has 0 bridgehead atoms. The predicted molar refractivity (Wildman–Crippen MR) is 55.7 cm³/mol. The summed E-state index contributed by atoms with van der Waals surface area (Å²) in [6.45, 7) is 0. The lowest BCUT2D eigenvalue weighted by atomic mass is 10.0. The lowest BCUT2D eigenvalue weighted by Gasteiger charge is -2.10. The highest BCUT2D eigenvalue weighted by Gasteiger charge is 2.19. The summed E-state index contributed by atoms with van der Waals surface area (Å²) in [6.07, 6.45) is 0. The monoisotopic (exact) mass is 216 g/mol. The van der Waals surface area contributed by atoms with E-state index in [-0.39, 0.29) is 5.75 Å².